The summed E-state index contributed by atoms with van der Waals surface area (Å²) in [6, 6.07) is 7.35. The summed E-state index contributed by atoms with van der Waals surface area (Å²) >= 11 is 1.67. The average Bonchev–Trinajstić information content (AvgIpc) is 3.26. The molecule has 0 saturated carbocycles. The predicted octanol–water partition coefficient (Wildman–Crippen LogP) is 1.97. The van der Waals surface area contributed by atoms with Crippen molar-refractivity contribution in [3.05, 3.63) is 35.7 Å². The summed E-state index contributed by atoms with van der Waals surface area (Å²) in [7, 11) is 0. The lowest BCUT2D eigenvalue weighted by molar-refractivity contribution is -0.131. The second-order valence-electron chi connectivity index (χ2n) is 6.09. The molecule has 2 aliphatic rings. The monoisotopic (exact) mass is 344 g/mol. The van der Waals surface area contributed by atoms with Crippen molar-refractivity contribution in [1.82, 2.24) is 20.4 Å². The van der Waals surface area contributed by atoms with E-state index in [1.807, 2.05) is 31.2 Å². The molecule has 0 unspecified atom stereocenters. The molecule has 8 heteroatoms. The maximum atomic E-state index is 12.6. The minimum atomic E-state index is -0.749. The van der Waals surface area contributed by atoms with Gasteiger partial charge in [0.1, 0.15) is 12.1 Å². The van der Waals surface area contributed by atoms with Gasteiger partial charge in [0.25, 0.3) is 5.91 Å². The number of urea groups is 1. The van der Waals surface area contributed by atoms with Crippen LogP contribution in [0.3, 0.4) is 0 Å². The highest BCUT2D eigenvalue weighted by Crippen LogP contribution is 2.34. The predicted molar refractivity (Wildman–Crippen MR) is 88.2 cm³/mol. The van der Waals surface area contributed by atoms with Crippen LogP contribution in [0.25, 0.3) is 11.4 Å². The zero-order valence-electron chi connectivity index (χ0n) is 13.1. The Morgan fingerprint density at radius 3 is 3.04 bits per heavy atom. The molecule has 3 heterocycles. The van der Waals surface area contributed by atoms with Gasteiger partial charge in [-0.05, 0) is 25.2 Å². The molecule has 2 aromatic rings. The lowest BCUT2D eigenvalue weighted by Crippen LogP contribution is -2.46. The van der Waals surface area contributed by atoms with E-state index in [4.69, 9.17) is 4.52 Å². The zero-order valence-corrected chi connectivity index (χ0v) is 13.9. The molecule has 1 spiro atoms. The van der Waals surface area contributed by atoms with Gasteiger partial charge < -0.3 is 9.84 Å². The number of hydrogen-bond acceptors (Lipinski definition) is 6. The van der Waals surface area contributed by atoms with Crippen molar-refractivity contribution in [2.75, 3.05) is 11.5 Å². The highest BCUT2D eigenvalue weighted by molar-refractivity contribution is 7.99. The molecule has 1 atom stereocenters. The Kier molecular flexibility index (Phi) is 3.56. The Hall–Kier alpha value is -2.35. The van der Waals surface area contributed by atoms with Crippen molar-refractivity contribution < 1.29 is 14.1 Å². The molecule has 7 nitrogen and oxygen atoms in total. The first-order chi connectivity index (χ1) is 11.6. The van der Waals surface area contributed by atoms with Gasteiger partial charge in [-0.1, -0.05) is 28.9 Å². The van der Waals surface area contributed by atoms with Gasteiger partial charge in [-0.2, -0.15) is 16.7 Å². The van der Waals surface area contributed by atoms with Crippen LogP contribution in [0.4, 0.5) is 4.79 Å². The minimum Gasteiger partial charge on any atom is -0.337 e. The molecule has 4 rings (SSSR count). The van der Waals surface area contributed by atoms with Crippen LogP contribution in [0.5, 0.6) is 0 Å². The number of aryl methyl sites for hydroxylation is 1. The quantitative estimate of drug-likeness (QED) is 0.857. The molecule has 124 valence electrons. The number of nitrogens with zero attached hydrogens (tertiary/aromatic N) is 3. The maximum Gasteiger partial charge on any atom is 0.325 e. The summed E-state index contributed by atoms with van der Waals surface area (Å²) in [6.45, 7) is 1.98. The van der Waals surface area contributed by atoms with E-state index in [2.05, 4.69) is 15.5 Å². The Morgan fingerprint density at radius 2 is 2.29 bits per heavy atom. The highest BCUT2D eigenvalue weighted by Gasteiger charge is 2.53. The van der Waals surface area contributed by atoms with Crippen molar-refractivity contribution in [3.8, 4) is 11.4 Å². The van der Waals surface area contributed by atoms with Crippen LogP contribution in [-0.4, -0.2) is 44.0 Å². The number of carbonyl (C=O) groups is 2. The van der Waals surface area contributed by atoms with Crippen LogP contribution in [0.1, 0.15) is 17.9 Å². The number of imide groups is 1. The fourth-order valence-corrected chi connectivity index (χ4v) is 4.33. The van der Waals surface area contributed by atoms with Gasteiger partial charge in [-0.3, -0.25) is 9.69 Å². The van der Waals surface area contributed by atoms with Gasteiger partial charge in [0.05, 0.1) is 0 Å². The number of nitrogens with one attached hydrogen (secondary N) is 1. The highest BCUT2D eigenvalue weighted by atomic mass is 32.2. The third-order valence-electron chi connectivity index (χ3n) is 4.31. The van der Waals surface area contributed by atoms with Crippen molar-refractivity contribution in [1.29, 1.82) is 0 Å². The van der Waals surface area contributed by atoms with E-state index in [0.29, 0.717) is 18.0 Å². The molecule has 0 radical (unpaired) electrons. The van der Waals surface area contributed by atoms with E-state index in [1.54, 1.807) is 11.8 Å². The number of benzene rings is 1. The number of thioether (sulfide) groups is 1. The lowest BCUT2D eigenvalue weighted by Gasteiger charge is -2.18. The topological polar surface area (TPSA) is 88.3 Å². The van der Waals surface area contributed by atoms with E-state index in [0.717, 1.165) is 16.9 Å². The molecule has 1 N–H and O–H groups in total. The Morgan fingerprint density at radius 1 is 1.42 bits per heavy atom. The van der Waals surface area contributed by atoms with E-state index >= 15 is 0 Å². The van der Waals surface area contributed by atoms with Crippen LogP contribution >= 0.6 is 11.8 Å². The number of rotatable bonds is 3. The third kappa shape index (κ3) is 2.47. The fourth-order valence-electron chi connectivity index (χ4n) is 3.01. The SMILES string of the molecule is Cc1cccc(-c2noc(CN3C(=O)N[C@]4(CCSC4)C3=O)n2)c1. The van der Waals surface area contributed by atoms with Gasteiger partial charge in [-0.25, -0.2) is 4.79 Å². The molecule has 0 bridgehead atoms. The molecular weight excluding hydrogens is 328 g/mol. The smallest absolute Gasteiger partial charge is 0.325 e. The standard InChI is InChI=1S/C16H16N4O3S/c1-10-3-2-4-11(7-10)13-17-12(23-19-13)8-20-14(21)16(18-15(20)22)5-6-24-9-16/h2-4,7H,5-6,8-9H2,1H3,(H,18,22)/t16-/m0/s1. The van der Waals surface area contributed by atoms with E-state index in [-0.39, 0.29) is 18.3 Å². The number of amides is 3. The minimum absolute atomic E-state index is 0.00407. The molecule has 2 aliphatic heterocycles. The molecule has 3 amide bonds. The molecule has 2 fully saturated rings. The first kappa shape index (κ1) is 15.2. The van der Waals surface area contributed by atoms with Gasteiger partial charge in [-0.15, -0.1) is 0 Å². The second-order valence-corrected chi connectivity index (χ2v) is 7.19. The van der Waals surface area contributed by atoms with Crippen LogP contribution in [0.15, 0.2) is 28.8 Å². The maximum absolute atomic E-state index is 12.6. The van der Waals surface area contributed by atoms with Crippen LogP contribution in [0, 0.1) is 6.92 Å². The van der Waals surface area contributed by atoms with E-state index in [1.165, 1.54) is 4.90 Å². The number of aromatic nitrogens is 2. The van der Waals surface area contributed by atoms with Crippen molar-refractivity contribution >= 4 is 23.7 Å². The summed E-state index contributed by atoms with van der Waals surface area (Å²) in [6.07, 6.45) is 0.664. The molecular formula is C16H16N4O3S. The third-order valence-corrected chi connectivity index (χ3v) is 5.49. The fraction of sp³-hybridized carbons (Fsp3) is 0.375. The summed E-state index contributed by atoms with van der Waals surface area (Å²) in [5.74, 6) is 1.99. The second kappa shape index (κ2) is 5.62. The average molecular weight is 344 g/mol. The van der Waals surface area contributed by atoms with E-state index < -0.39 is 11.6 Å². The number of carbonyl (C=O) groups excluding carboxylic acids is 2. The Labute approximate surface area is 142 Å². The van der Waals surface area contributed by atoms with Crippen molar-refractivity contribution in [2.45, 2.75) is 25.4 Å². The first-order valence-corrected chi connectivity index (χ1v) is 8.84. The van der Waals surface area contributed by atoms with Crippen LogP contribution in [0.2, 0.25) is 0 Å². The Balaban J connectivity index is 1.54. The normalized spacial score (nSPS) is 23.3. The molecule has 24 heavy (non-hydrogen) atoms. The summed E-state index contributed by atoms with van der Waals surface area (Å²) < 4.78 is 5.23. The first-order valence-electron chi connectivity index (χ1n) is 7.69. The lowest BCUT2D eigenvalue weighted by atomic mass is 9.99. The van der Waals surface area contributed by atoms with Gasteiger partial charge in [0, 0.05) is 11.3 Å². The van der Waals surface area contributed by atoms with Crippen LogP contribution < -0.4 is 5.32 Å². The molecule has 1 aromatic heterocycles. The summed E-state index contributed by atoms with van der Waals surface area (Å²) in [5.41, 5.74) is 1.18. The zero-order chi connectivity index (χ0) is 16.7. The van der Waals surface area contributed by atoms with Crippen LogP contribution in [-0.2, 0) is 11.3 Å². The van der Waals surface area contributed by atoms with Gasteiger partial charge in [0.2, 0.25) is 11.7 Å². The van der Waals surface area contributed by atoms with Crippen molar-refractivity contribution in [3.63, 3.8) is 0 Å². The summed E-state index contributed by atoms with van der Waals surface area (Å²) in [5, 5.41) is 6.77. The summed E-state index contributed by atoms with van der Waals surface area (Å²) in [4.78, 5) is 30.2. The van der Waals surface area contributed by atoms with Gasteiger partial charge in [0.15, 0.2) is 0 Å². The molecule has 1 aromatic carbocycles. The van der Waals surface area contributed by atoms with E-state index in [9.17, 15) is 9.59 Å². The van der Waals surface area contributed by atoms with Crippen molar-refractivity contribution in [2.24, 2.45) is 0 Å². The molecule has 0 aliphatic carbocycles. The number of hydrogen-bond donors (Lipinski definition) is 1. The van der Waals surface area contributed by atoms with Gasteiger partial charge >= 0.3 is 6.03 Å². The Bertz CT molecular complexity index is 813. The molecule has 2 saturated heterocycles. The largest absolute Gasteiger partial charge is 0.337 e.